The van der Waals surface area contributed by atoms with Gasteiger partial charge in [-0.3, -0.25) is 14.8 Å². The van der Waals surface area contributed by atoms with Crippen molar-refractivity contribution in [2.75, 3.05) is 5.32 Å². The maximum Gasteiger partial charge on any atom is 0.341 e. The number of para-hydroxylation sites is 1. The van der Waals surface area contributed by atoms with Crippen LogP contribution in [0.25, 0.3) is 11.0 Å². The zero-order chi connectivity index (χ0) is 18.5. The summed E-state index contributed by atoms with van der Waals surface area (Å²) in [6.45, 7) is 1.79. The highest BCUT2D eigenvalue weighted by Gasteiger charge is 2.23. The van der Waals surface area contributed by atoms with E-state index in [4.69, 9.17) is 4.74 Å². The van der Waals surface area contributed by atoms with Crippen LogP contribution in [0, 0.1) is 3.57 Å². The molecule has 1 amide bonds. The first kappa shape index (κ1) is 18.2. The Labute approximate surface area is 164 Å². The van der Waals surface area contributed by atoms with Crippen molar-refractivity contribution in [3.05, 3.63) is 64.0 Å². The molecule has 1 aromatic heterocycles. The number of carbonyl (C=O) groups excluding carboxylic acids is 2. The highest BCUT2D eigenvalue weighted by molar-refractivity contribution is 14.1. The molecule has 3 rings (SSSR count). The molecule has 6 nitrogen and oxygen atoms in total. The van der Waals surface area contributed by atoms with Crippen LogP contribution in [0.5, 0.6) is 0 Å². The first-order valence-corrected chi connectivity index (χ1v) is 9.13. The first-order chi connectivity index (χ1) is 12.6. The first-order valence-electron chi connectivity index (χ1n) is 8.05. The molecule has 1 N–H and O–H groups in total. The predicted molar refractivity (Wildman–Crippen MR) is 107 cm³/mol. The third kappa shape index (κ3) is 4.16. The van der Waals surface area contributed by atoms with E-state index in [1.54, 1.807) is 43.5 Å². The van der Waals surface area contributed by atoms with Gasteiger partial charge in [0.15, 0.2) is 6.10 Å². The van der Waals surface area contributed by atoms with Crippen molar-refractivity contribution in [3.63, 3.8) is 0 Å². The van der Waals surface area contributed by atoms with Crippen LogP contribution in [0.4, 0.5) is 5.69 Å². The molecule has 0 aliphatic rings. The highest BCUT2D eigenvalue weighted by Crippen LogP contribution is 2.17. The number of ether oxygens (including phenoxy) is 1. The van der Waals surface area contributed by atoms with Gasteiger partial charge in [-0.05, 0) is 65.4 Å². The number of rotatable bonds is 5. The lowest BCUT2D eigenvalue weighted by Gasteiger charge is -2.16. The Bertz CT molecular complexity index is 939. The van der Waals surface area contributed by atoms with Crippen LogP contribution >= 0.6 is 22.6 Å². The number of hydrogen-bond donors (Lipinski definition) is 1. The highest BCUT2D eigenvalue weighted by atomic mass is 127. The number of carbonyl (C=O) groups is 2. The molecule has 1 heterocycles. The van der Waals surface area contributed by atoms with Crippen molar-refractivity contribution >= 4 is 51.2 Å². The minimum atomic E-state index is -0.895. The number of amides is 1. The van der Waals surface area contributed by atoms with E-state index >= 15 is 0 Å². The molecule has 0 fully saturated rings. The Balaban J connectivity index is 1.75. The fourth-order valence-electron chi connectivity index (χ4n) is 2.43. The second kappa shape index (κ2) is 8.22. The number of hydrogen-bond acceptors (Lipinski definition) is 5. The average Bonchev–Trinajstić information content (AvgIpc) is 2.67. The molecule has 26 heavy (non-hydrogen) atoms. The van der Waals surface area contributed by atoms with Gasteiger partial charge in [0.05, 0.1) is 11.1 Å². The third-order valence-corrected chi connectivity index (χ3v) is 4.46. The minimum absolute atomic E-state index is 0.288. The summed E-state index contributed by atoms with van der Waals surface area (Å²) >= 11 is 2.19. The van der Waals surface area contributed by atoms with Crippen molar-refractivity contribution in [1.29, 1.82) is 0 Å². The smallest absolute Gasteiger partial charge is 0.341 e. The molecule has 0 spiro atoms. The number of nitrogens with one attached hydrogen (secondary N) is 1. The molecule has 0 saturated carbocycles. The fraction of sp³-hybridized carbons (Fsp3) is 0.158. The minimum Gasteiger partial charge on any atom is -0.449 e. The standard InChI is InChI=1S/C19H16IN3O3/c1-2-16(18(24)23-13-8-6-12(20)7-9-13)26-19(25)14-4-3-5-15-17(14)22-11-10-21-15/h3-11,16H,2H2,1H3,(H,23,24). The van der Waals surface area contributed by atoms with E-state index in [0.717, 1.165) is 3.57 Å². The molecule has 0 aliphatic heterocycles. The van der Waals surface area contributed by atoms with E-state index < -0.39 is 12.1 Å². The molecule has 3 aromatic rings. The van der Waals surface area contributed by atoms with Gasteiger partial charge in [-0.25, -0.2) is 4.79 Å². The SMILES string of the molecule is CCC(OC(=O)c1cccc2nccnc12)C(=O)Nc1ccc(I)cc1. The molecule has 0 radical (unpaired) electrons. The van der Waals surface area contributed by atoms with Gasteiger partial charge < -0.3 is 10.1 Å². The van der Waals surface area contributed by atoms with Crippen LogP contribution in [0.3, 0.4) is 0 Å². The molecule has 7 heteroatoms. The Morgan fingerprint density at radius 3 is 2.58 bits per heavy atom. The van der Waals surface area contributed by atoms with Crippen LogP contribution in [-0.4, -0.2) is 27.9 Å². The van der Waals surface area contributed by atoms with Gasteiger partial charge in [-0.2, -0.15) is 0 Å². The summed E-state index contributed by atoms with van der Waals surface area (Å²) in [5.41, 5.74) is 1.99. The van der Waals surface area contributed by atoms with E-state index in [1.165, 1.54) is 6.20 Å². The summed E-state index contributed by atoms with van der Waals surface area (Å²) in [5.74, 6) is -0.964. The molecule has 1 unspecified atom stereocenters. The van der Waals surface area contributed by atoms with Crippen LogP contribution in [-0.2, 0) is 9.53 Å². The van der Waals surface area contributed by atoms with Gasteiger partial charge in [-0.15, -0.1) is 0 Å². The number of nitrogens with zero attached hydrogens (tertiary/aromatic N) is 2. The van der Waals surface area contributed by atoms with E-state index in [-0.39, 0.29) is 11.5 Å². The summed E-state index contributed by atoms with van der Waals surface area (Å²) in [5, 5.41) is 2.77. The molecule has 0 saturated heterocycles. The number of halogens is 1. The summed E-state index contributed by atoms with van der Waals surface area (Å²) in [7, 11) is 0. The van der Waals surface area contributed by atoms with Crippen LogP contribution in [0.2, 0.25) is 0 Å². The third-order valence-electron chi connectivity index (χ3n) is 3.74. The van der Waals surface area contributed by atoms with E-state index in [1.807, 2.05) is 12.1 Å². The van der Waals surface area contributed by atoms with E-state index in [0.29, 0.717) is 23.1 Å². The van der Waals surface area contributed by atoms with E-state index in [2.05, 4.69) is 37.9 Å². The fourth-order valence-corrected chi connectivity index (χ4v) is 2.79. The number of esters is 1. The van der Waals surface area contributed by atoms with Gasteiger partial charge in [-0.1, -0.05) is 13.0 Å². The Hall–Kier alpha value is -2.55. The Morgan fingerprint density at radius 1 is 1.12 bits per heavy atom. The maximum absolute atomic E-state index is 12.6. The maximum atomic E-state index is 12.6. The van der Waals surface area contributed by atoms with Gasteiger partial charge >= 0.3 is 5.97 Å². The average molecular weight is 461 g/mol. The van der Waals surface area contributed by atoms with Gasteiger partial charge in [0.2, 0.25) is 0 Å². The summed E-state index contributed by atoms with van der Waals surface area (Å²) in [6, 6.07) is 12.5. The van der Waals surface area contributed by atoms with Crippen molar-refractivity contribution in [2.45, 2.75) is 19.4 Å². The molecular weight excluding hydrogens is 445 g/mol. The van der Waals surface area contributed by atoms with Crippen molar-refractivity contribution < 1.29 is 14.3 Å². The topological polar surface area (TPSA) is 81.2 Å². The Kier molecular flexibility index (Phi) is 5.77. The molecule has 132 valence electrons. The zero-order valence-corrected chi connectivity index (χ0v) is 16.1. The predicted octanol–water partition coefficient (Wildman–Crippen LogP) is 3.81. The second-order valence-electron chi connectivity index (χ2n) is 5.53. The lowest BCUT2D eigenvalue weighted by Crippen LogP contribution is -2.32. The van der Waals surface area contributed by atoms with Crippen LogP contribution in [0.1, 0.15) is 23.7 Å². The molecule has 1 atom stereocenters. The van der Waals surface area contributed by atoms with Gasteiger partial charge in [0, 0.05) is 21.7 Å². The summed E-state index contributed by atoms with van der Waals surface area (Å²) in [6.07, 6.45) is 2.53. The van der Waals surface area contributed by atoms with Gasteiger partial charge in [0.1, 0.15) is 5.52 Å². The summed E-state index contributed by atoms with van der Waals surface area (Å²) in [4.78, 5) is 33.4. The number of fused-ring (bicyclic) bond motifs is 1. The number of anilines is 1. The van der Waals surface area contributed by atoms with Crippen LogP contribution < -0.4 is 5.32 Å². The van der Waals surface area contributed by atoms with Crippen molar-refractivity contribution in [3.8, 4) is 0 Å². The summed E-state index contributed by atoms with van der Waals surface area (Å²) < 4.78 is 6.50. The normalized spacial score (nSPS) is 11.8. The molecule has 0 bridgehead atoms. The zero-order valence-electron chi connectivity index (χ0n) is 14.0. The van der Waals surface area contributed by atoms with Crippen molar-refractivity contribution in [2.24, 2.45) is 0 Å². The Morgan fingerprint density at radius 2 is 1.85 bits per heavy atom. The monoisotopic (exact) mass is 461 g/mol. The quantitative estimate of drug-likeness (QED) is 0.462. The van der Waals surface area contributed by atoms with E-state index in [9.17, 15) is 9.59 Å². The lowest BCUT2D eigenvalue weighted by atomic mass is 10.1. The molecular formula is C19H16IN3O3. The second-order valence-corrected chi connectivity index (χ2v) is 6.77. The number of benzene rings is 2. The molecule has 2 aromatic carbocycles. The number of aromatic nitrogens is 2. The largest absolute Gasteiger partial charge is 0.449 e. The van der Waals surface area contributed by atoms with Gasteiger partial charge in [0.25, 0.3) is 5.91 Å². The lowest BCUT2D eigenvalue weighted by molar-refractivity contribution is -0.124. The van der Waals surface area contributed by atoms with Crippen LogP contribution in [0.15, 0.2) is 54.9 Å². The molecule has 0 aliphatic carbocycles. The van der Waals surface area contributed by atoms with Crippen molar-refractivity contribution in [1.82, 2.24) is 9.97 Å².